The van der Waals surface area contributed by atoms with Gasteiger partial charge in [-0.15, -0.1) is 0 Å². The first-order valence-corrected chi connectivity index (χ1v) is 25.5. The van der Waals surface area contributed by atoms with Crippen LogP contribution in [0, 0.1) is 11.8 Å². The molecule has 2 aromatic carbocycles. The van der Waals surface area contributed by atoms with Crippen LogP contribution in [0.2, 0.25) is 0 Å². The molecule has 0 spiro atoms. The molecular weight excluding hydrogens is 730 g/mol. The van der Waals surface area contributed by atoms with Gasteiger partial charge in [0.15, 0.2) is 0 Å². The second-order valence-electron chi connectivity index (χ2n) is 15.6. The minimum absolute atomic E-state index is 0. The van der Waals surface area contributed by atoms with Crippen LogP contribution in [0.1, 0.15) is 194 Å². The summed E-state index contributed by atoms with van der Waals surface area (Å²) in [5.41, 5.74) is 2.53. The topological polar surface area (TPSA) is 80.3 Å². The number of hydrogen-bond acceptors (Lipinski definition) is 4. The van der Waals surface area contributed by atoms with E-state index in [4.69, 9.17) is 0 Å². The largest absolute Gasteiger partial charge is 2.00 e. The average molecular weight is 811 g/mol. The molecule has 2 aromatic rings. The first-order chi connectivity index (χ1) is 25.1. The number of rotatable bonds is 30. The average Bonchev–Trinajstić information content (AvgIpc) is 3.14. The molecule has 0 N–H and O–H groups in total. The fourth-order valence-corrected chi connectivity index (χ4v) is 10.9. The van der Waals surface area contributed by atoms with Gasteiger partial charge in [-0.1, -0.05) is 218 Å². The summed E-state index contributed by atoms with van der Waals surface area (Å²) in [6.45, 7) is 13.0. The molecule has 4 unspecified atom stereocenters. The number of unbranched alkanes of at least 4 members (excludes halogenated alkanes) is 14. The summed E-state index contributed by atoms with van der Waals surface area (Å²) in [7, 11) is -6.95. The van der Waals surface area contributed by atoms with Crippen LogP contribution in [-0.2, 0) is 39.3 Å². The molecule has 4 atom stereocenters. The molecule has 0 bridgehead atoms. The smallest absolute Gasteiger partial charge is 0.796 e. The zero-order valence-electron chi connectivity index (χ0n) is 35.1. The van der Waals surface area contributed by atoms with Crippen molar-refractivity contribution in [2.75, 3.05) is 12.3 Å². The second-order valence-corrected chi connectivity index (χ2v) is 20.1. The monoisotopic (exact) mass is 810 g/mol. The molecule has 0 aliphatic heterocycles. The molecule has 0 amide bonds. The Morgan fingerprint density at radius 1 is 0.434 bits per heavy atom. The quantitative estimate of drug-likeness (QED) is 0.0581. The number of hydrogen-bond donors (Lipinski definition) is 0. The Bertz CT molecular complexity index is 1120. The van der Waals surface area contributed by atoms with Crippen molar-refractivity contribution in [1.82, 2.24) is 0 Å². The summed E-state index contributed by atoms with van der Waals surface area (Å²) in [5, 5.41) is 1.05. The first kappa shape index (κ1) is 52.4. The third kappa shape index (κ3) is 24.6. The minimum Gasteiger partial charge on any atom is -0.796 e. The van der Waals surface area contributed by atoms with E-state index in [1.807, 2.05) is 48.5 Å². The standard InChI is InChI=1S/2C23H41O2P.Cr/c2*1-4-7-9-10-11-12-13-15-22-16-18-23(19-17-22)26(24,25)20-21(6-3)14-8-5-2;/h2*16-19,21H,4-15,20H2,1-3H3,(H,24,25);/q;;+2/p-2. The molecule has 0 heterocycles. The van der Waals surface area contributed by atoms with Crippen molar-refractivity contribution < 1.29 is 36.3 Å². The number of benzene rings is 2. The van der Waals surface area contributed by atoms with Gasteiger partial charge in [-0.2, -0.15) is 0 Å². The van der Waals surface area contributed by atoms with Gasteiger partial charge >= 0.3 is 17.4 Å². The summed E-state index contributed by atoms with van der Waals surface area (Å²) >= 11 is 0. The summed E-state index contributed by atoms with van der Waals surface area (Å²) in [4.78, 5) is 25.4. The predicted molar refractivity (Wildman–Crippen MR) is 227 cm³/mol. The Balaban J connectivity index is 0.00000100. The molecule has 304 valence electrons. The molecular formula is C46H80CrO4P2. The van der Waals surface area contributed by atoms with Gasteiger partial charge in [0.1, 0.15) is 0 Å². The fourth-order valence-electron chi connectivity index (χ4n) is 7.08. The Morgan fingerprint density at radius 2 is 0.717 bits per heavy atom. The summed E-state index contributed by atoms with van der Waals surface area (Å²) in [5.74, 6) is 0.594. The van der Waals surface area contributed by atoms with Crippen molar-refractivity contribution >= 4 is 25.3 Å². The minimum atomic E-state index is -3.48. The fraction of sp³-hybridized carbons (Fsp3) is 0.739. The van der Waals surface area contributed by atoms with E-state index in [9.17, 15) is 18.9 Å². The third-order valence-electron chi connectivity index (χ3n) is 10.9. The molecule has 0 aromatic heterocycles. The Labute approximate surface area is 339 Å². The van der Waals surface area contributed by atoms with Gasteiger partial charge in [0.2, 0.25) is 0 Å². The molecule has 0 saturated carbocycles. The van der Waals surface area contributed by atoms with Crippen molar-refractivity contribution in [2.45, 2.75) is 196 Å². The van der Waals surface area contributed by atoms with E-state index in [-0.39, 0.29) is 17.4 Å². The van der Waals surface area contributed by atoms with Crippen molar-refractivity contribution in [2.24, 2.45) is 11.8 Å². The molecule has 53 heavy (non-hydrogen) atoms. The molecule has 2 rings (SSSR count). The maximum atomic E-state index is 12.7. The maximum Gasteiger partial charge on any atom is 2.00 e. The Hall–Kier alpha value is -0.648. The molecule has 0 aliphatic rings. The summed E-state index contributed by atoms with van der Waals surface area (Å²) < 4.78 is 25.4. The second kappa shape index (κ2) is 32.4. The van der Waals surface area contributed by atoms with Crippen LogP contribution in [0.25, 0.3) is 0 Å². The van der Waals surface area contributed by atoms with Gasteiger partial charge < -0.3 is 18.9 Å². The van der Waals surface area contributed by atoms with E-state index in [2.05, 4.69) is 41.5 Å². The van der Waals surface area contributed by atoms with Gasteiger partial charge in [-0.3, -0.25) is 0 Å². The molecule has 0 aliphatic carbocycles. The number of aryl methyl sites for hydroxylation is 2. The van der Waals surface area contributed by atoms with E-state index < -0.39 is 14.7 Å². The zero-order valence-corrected chi connectivity index (χ0v) is 38.2. The van der Waals surface area contributed by atoms with E-state index >= 15 is 0 Å². The van der Waals surface area contributed by atoms with Crippen molar-refractivity contribution in [1.29, 1.82) is 0 Å². The van der Waals surface area contributed by atoms with Crippen molar-refractivity contribution in [3.05, 3.63) is 59.7 Å². The van der Waals surface area contributed by atoms with Crippen LogP contribution in [0.15, 0.2) is 48.5 Å². The van der Waals surface area contributed by atoms with Crippen molar-refractivity contribution in [3.63, 3.8) is 0 Å². The van der Waals surface area contributed by atoms with Crippen LogP contribution in [0.5, 0.6) is 0 Å². The van der Waals surface area contributed by atoms with E-state index in [0.29, 0.717) is 34.8 Å². The van der Waals surface area contributed by atoms with Gasteiger partial charge in [0, 0.05) is 14.7 Å². The zero-order chi connectivity index (χ0) is 38.5. The maximum absolute atomic E-state index is 12.7. The SMILES string of the molecule is CCCCCCCCCc1ccc(P(=O)([O-])CC(CC)CCCC)cc1.CCCCCCCCCc1ccc(P(=O)([O-])CC(CC)CCCC)cc1.[Cr+2]. The normalized spacial score (nSPS) is 14.6. The van der Waals surface area contributed by atoms with Crippen LogP contribution in [0.3, 0.4) is 0 Å². The molecule has 4 nitrogen and oxygen atoms in total. The van der Waals surface area contributed by atoms with E-state index in [1.165, 1.54) is 101 Å². The molecule has 0 radical (unpaired) electrons. The predicted octanol–water partition coefficient (Wildman–Crippen LogP) is 12.9. The first-order valence-electron chi connectivity index (χ1n) is 21.9. The van der Waals surface area contributed by atoms with Crippen LogP contribution >= 0.6 is 14.7 Å². The van der Waals surface area contributed by atoms with Crippen LogP contribution in [0.4, 0.5) is 0 Å². The summed E-state index contributed by atoms with van der Waals surface area (Å²) in [6.07, 6.45) is 29.6. The van der Waals surface area contributed by atoms with E-state index in [0.717, 1.165) is 64.2 Å². The van der Waals surface area contributed by atoms with E-state index in [1.54, 1.807) is 0 Å². The summed E-state index contributed by atoms with van der Waals surface area (Å²) in [6, 6.07) is 15.4. The molecule has 7 heteroatoms. The van der Waals surface area contributed by atoms with Crippen molar-refractivity contribution in [3.8, 4) is 0 Å². The van der Waals surface area contributed by atoms with Gasteiger partial charge in [-0.25, -0.2) is 0 Å². The van der Waals surface area contributed by atoms with Gasteiger partial charge in [0.25, 0.3) is 0 Å². The van der Waals surface area contributed by atoms with Crippen LogP contribution < -0.4 is 20.4 Å². The third-order valence-corrected chi connectivity index (χ3v) is 15.0. The molecule has 0 fully saturated rings. The molecule has 0 saturated heterocycles. The van der Waals surface area contributed by atoms with Gasteiger partial charge in [-0.05, 0) is 71.6 Å². The Kier molecular flexibility index (Phi) is 32.0. The Morgan fingerprint density at radius 3 is 1.00 bits per heavy atom. The van der Waals surface area contributed by atoms with Crippen LogP contribution in [-0.4, -0.2) is 12.3 Å². The van der Waals surface area contributed by atoms with Gasteiger partial charge in [0.05, 0.1) is 0 Å².